The number of carbonyl (C=O) groups excluding carboxylic acids is 4. The summed E-state index contributed by atoms with van der Waals surface area (Å²) in [6.07, 6.45) is -18.8. The summed E-state index contributed by atoms with van der Waals surface area (Å²) in [4.78, 5) is 47.3. The number of hydrogen-bond donors (Lipinski definition) is 2. The molecule has 0 saturated carbocycles. The number of ketones is 2. The average Bonchev–Trinajstić information content (AvgIpc) is 3.11. The maximum absolute atomic E-state index is 13.7. The molecule has 0 fully saturated rings. The Bertz CT molecular complexity index is 1870. The number of rotatable bonds is 20. The van der Waals surface area contributed by atoms with Crippen LogP contribution in [0.25, 0.3) is 11.5 Å². The van der Waals surface area contributed by atoms with Crippen LogP contribution in [-0.4, -0.2) is 93.9 Å². The van der Waals surface area contributed by atoms with Crippen molar-refractivity contribution in [2.24, 2.45) is 0 Å². The van der Waals surface area contributed by atoms with E-state index in [0.717, 1.165) is 13.8 Å². The van der Waals surface area contributed by atoms with Gasteiger partial charge < -0.3 is 38.6 Å². The second-order valence-electron chi connectivity index (χ2n) is 11.2. The molecule has 2 rings (SSSR count). The SMILES string of the molecule is CCOC(=O)/C(C(C)=O)=C(/O)c1ccc(OC(F)(F)C(F)Cl)cc1OC(F)(F)C(F)Cl.CCOC(=O)/C(C(C)=O)=C(/O)c1ccc(OC(F)(F)C(F)Cl)cc1OC(F)(F)C(F)Cl.[Cu]. The van der Waals surface area contributed by atoms with Crippen molar-refractivity contribution in [3.8, 4) is 23.0 Å². The minimum Gasteiger partial charge on any atom is -0.506 e. The van der Waals surface area contributed by atoms with Crippen LogP contribution in [0.4, 0.5) is 52.7 Å². The first-order valence-corrected chi connectivity index (χ1v) is 17.9. The van der Waals surface area contributed by atoms with Gasteiger partial charge in [-0.05, 0) is 52.0 Å². The Morgan fingerprint density at radius 1 is 0.540 bits per heavy atom. The van der Waals surface area contributed by atoms with Crippen LogP contribution >= 0.6 is 46.4 Å². The summed E-state index contributed by atoms with van der Waals surface area (Å²) in [6.45, 7) is 3.92. The Kier molecular flexibility index (Phi) is 22.6. The van der Waals surface area contributed by atoms with Gasteiger partial charge in [0.15, 0.2) is 11.6 Å². The molecule has 0 saturated heterocycles. The average molecular weight is 1060 g/mol. The van der Waals surface area contributed by atoms with E-state index in [-0.39, 0.29) is 42.4 Å². The van der Waals surface area contributed by atoms with Gasteiger partial charge in [-0.25, -0.2) is 27.2 Å². The Labute approximate surface area is 377 Å². The summed E-state index contributed by atoms with van der Waals surface area (Å²) in [5.74, 6) is -11.9. The number of hydrogen-bond acceptors (Lipinski definition) is 12. The largest absolute Gasteiger partial charge is 0.506 e. The van der Waals surface area contributed by atoms with Crippen molar-refractivity contribution in [1.29, 1.82) is 0 Å². The predicted octanol–water partition coefficient (Wildman–Crippen LogP) is 10.2. The Morgan fingerprint density at radius 3 is 1.02 bits per heavy atom. The Morgan fingerprint density at radius 2 is 0.794 bits per heavy atom. The number of carbonyl (C=O) groups is 4. The molecule has 0 aliphatic rings. The normalized spacial score (nSPS) is 14.7. The van der Waals surface area contributed by atoms with Crippen LogP contribution in [0.1, 0.15) is 38.8 Å². The van der Waals surface area contributed by atoms with Gasteiger partial charge >= 0.3 is 36.4 Å². The minimum absolute atomic E-state index is 0. The molecule has 0 amide bonds. The van der Waals surface area contributed by atoms with Crippen LogP contribution in [0.5, 0.6) is 23.0 Å². The molecular weight excluding hydrogens is 1030 g/mol. The Balaban J connectivity index is 0.00000120. The number of aliphatic hydroxyl groups is 2. The monoisotopic (exact) mass is 1060 g/mol. The van der Waals surface area contributed by atoms with Crippen LogP contribution < -0.4 is 18.9 Å². The summed E-state index contributed by atoms with van der Waals surface area (Å²) < 4.78 is 185. The third-order valence-corrected chi connectivity index (χ3v) is 7.59. The van der Waals surface area contributed by atoms with Crippen LogP contribution in [0.3, 0.4) is 0 Å². The van der Waals surface area contributed by atoms with Gasteiger partial charge in [0.25, 0.3) is 22.5 Å². The van der Waals surface area contributed by atoms with E-state index in [1.54, 1.807) is 0 Å². The molecule has 0 aromatic heterocycles. The van der Waals surface area contributed by atoms with E-state index in [0.29, 0.717) is 24.3 Å². The molecule has 4 unspecified atom stereocenters. The second kappa shape index (κ2) is 24.2. The van der Waals surface area contributed by atoms with Gasteiger partial charge in [-0.1, -0.05) is 46.4 Å². The van der Waals surface area contributed by atoms with Crippen molar-refractivity contribution in [2.45, 2.75) is 74.7 Å². The maximum atomic E-state index is 13.7. The zero-order valence-corrected chi connectivity index (χ0v) is 35.5. The van der Waals surface area contributed by atoms with Crippen LogP contribution in [0.2, 0.25) is 0 Å². The van der Waals surface area contributed by atoms with E-state index in [1.807, 2.05) is 0 Å². The molecule has 359 valence electrons. The zero-order valence-electron chi connectivity index (χ0n) is 31.5. The summed E-state index contributed by atoms with van der Waals surface area (Å²) in [7, 11) is 0. The molecule has 2 N–H and O–H groups in total. The number of ether oxygens (including phenoxy) is 6. The summed E-state index contributed by atoms with van der Waals surface area (Å²) in [5, 5.41) is 20.6. The van der Waals surface area contributed by atoms with E-state index in [2.05, 4.69) is 74.8 Å². The van der Waals surface area contributed by atoms with E-state index in [9.17, 15) is 82.1 Å². The molecule has 0 aliphatic carbocycles. The van der Waals surface area contributed by atoms with Gasteiger partial charge in [-0.2, -0.15) is 35.1 Å². The van der Waals surface area contributed by atoms with Crippen molar-refractivity contribution in [3.05, 3.63) is 58.7 Å². The molecule has 0 bridgehead atoms. The first kappa shape index (κ1) is 58.8. The molecule has 63 heavy (non-hydrogen) atoms. The van der Waals surface area contributed by atoms with Crippen molar-refractivity contribution >= 4 is 81.4 Å². The molecule has 4 atom stereocenters. The number of aliphatic hydroxyl groups excluding tert-OH is 2. The van der Waals surface area contributed by atoms with Gasteiger partial charge in [0.05, 0.1) is 24.3 Å². The zero-order chi connectivity index (χ0) is 48.3. The van der Waals surface area contributed by atoms with Crippen molar-refractivity contribution in [1.82, 2.24) is 0 Å². The predicted molar refractivity (Wildman–Crippen MR) is 192 cm³/mol. The molecule has 2 aromatic rings. The smallest absolute Gasteiger partial charge is 0.444 e. The van der Waals surface area contributed by atoms with Gasteiger partial charge in [0, 0.05) is 29.2 Å². The number of benzene rings is 2. The number of esters is 2. The van der Waals surface area contributed by atoms with E-state index >= 15 is 0 Å². The molecule has 12 nitrogen and oxygen atoms in total. The molecule has 2 aromatic carbocycles. The first-order valence-electron chi connectivity index (χ1n) is 16.2. The number of alkyl halides is 16. The quantitative estimate of drug-likeness (QED) is 0.0189. The van der Waals surface area contributed by atoms with E-state index in [4.69, 9.17) is 0 Å². The number of halogens is 16. The number of Topliss-reactive ketones (excluding diaryl/α,β-unsaturated/α-hetero) is 2. The first-order chi connectivity index (χ1) is 28.3. The van der Waals surface area contributed by atoms with Crippen LogP contribution in [0.15, 0.2) is 47.5 Å². The van der Waals surface area contributed by atoms with Crippen LogP contribution in [-0.2, 0) is 45.7 Å². The van der Waals surface area contributed by atoms with Crippen LogP contribution in [0, 0.1) is 0 Å². The molecular formula is C34H28Cl4CuF12O12. The minimum atomic E-state index is -4.77. The Hall–Kier alpha value is -4.16. The second-order valence-corrected chi connectivity index (χ2v) is 12.7. The molecule has 1 radical (unpaired) electrons. The summed E-state index contributed by atoms with van der Waals surface area (Å²) in [6, 6.07) is 2.96. The third-order valence-electron chi connectivity index (χ3n) is 6.57. The van der Waals surface area contributed by atoms with E-state index in [1.165, 1.54) is 13.8 Å². The maximum Gasteiger partial charge on any atom is 0.444 e. The molecule has 0 spiro atoms. The topological polar surface area (TPSA) is 164 Å². The van der Waals surface area contributed by atoms with Crippen molar-refractivity contribution < 1.29 is 128 Å². The van der Waals surface area contributed by atoms with E-state index < -0.39 is 127 Å². The summed E-state index contributed by atoms with van der Waals surface area (Å²) >= 11 is 18.6. The van der Waals surface area contributed by atoms with Gasteiger partial charge in [-0.3, -0.25) is 9.59 Å². The van der Waals surface area contributed by atoms with Crippen molar-refractivity contribution in [2.75, 3.05) is 13.2 Å². The summed E-state index contributed by atoms with van der Waals surface area (Å²) in [5.41, 5.74) is -17.3. The molecule has 29 heteroatoms. The fourth-order valence-electron chi connectivity index (χ4n) is 3.97. The molecule has 0 aliphatic heterocycles. The van der Waals surface area contributed by atoms with Gasteiger partial charge in [0.1, 0.15) is 45.7 Å². The fraction of sp³-hybridized carbons (Fsp3) is 0.412. The van der Waals surface area contributed by atoms with Gasteiger partial charge in [0.2, 0.25) is 0 Å². The van der Waals surface area contributed by atoms with Gasteiger partial charge in [-0.15, -0.1) is 0 Å². The molecule has 0 heterocycles. The third kappa shape index (κ3) is 16.7. The standard InChI is InChI=1S/2C17H14Cl2F6O6.Cu/c2*1-3-29-13(28)11(7(2)26)12(27)9-5-4-8(30-16(22,23)14(18)20)6-10(9)31-17(24,25)15(19)21;/h2*4-6,14-15,27H,3H2,1-2H3;/b2*12-11+;. The van der Waals surface area contributed by atoms with Crippen molar-refractivity contribution in [3.63, 3.8) is 0 Å². The fourth-order valence-corrected chi connectivity index (χ4v) is 4.15.